The Balaban J connectivity index is 0.00000208. The fourth-order valence-electron chi connectivity index (χ4n) is 3.34. The number of benzene rings is 1. The van der Waals surface area contributed by atoms with Crippen molar-refractivity contribution in [3.63, 3.8) is 0 Å². The Morgan fingerprint density at radius 3 is 2.42 bits per heavy atom. The molecule has 3 rings (SSSR count). The van der Waals surface area contributed by atoms with Gasteiger partial charge in [-0.1, -0.05) is 29.8 Å². The third-order valence-electron chi connectivity index (χ3n) is 5.22. The monoisotopic (exact) mass is 350 g/mol. The lowest BCUT2D eigenvalue weighted by atomic mass is 10.0. The minimum Gasteiger partial charge on any atom is -0.343 e. The average molecular weight is 351 g/mol. The van der Waals surface area contributed by atoms with Gasteiger partial charge in [-0.15, -0.1) is 12.4 Å². The van der Waals surface area contributed by atoms with Gasteiger partial charge >= 0.3 is 0 Å². The lowest BCUT2D eigenvalue weighted by molar-refractivity contribution is -0.132. The van der Waals surface area contributed by atoms with Gasteiger partial charge in [0.1, 0.15) is 0 Å². The standard InChI is InChI=1S/C20H30N2O.ClH/c1-16-5-7-17(8-6-16)3-2-4-20(23)22-13-11-19(12-14-22)21-15-18-9-10-18;/h5-8,18-19,21H,2-4,9-15H2,1H3;1H. The molecular weight excluding hydrogens is 320 g/mol. The molecule has 1 amide bonds. The minimum atomic E-state index is 0. The highest BCUT2D eigenvalue weighted by Gasteiger charge is 2.25. The summed E-state index contributed by atoms with van der Waals surface area (Å²) in [5.41, 5.74) is 2.63. The fourth-order valence-corrected chi connectivity index (χ4v) is 3.34. The maximum absolute atomic E-state index is 12.3. The van der Waals surface area contributed by atoms with E-state index in [0.717, 1.165) is 44.7 Å². The van der Waals surface area contributed by atoms with Crippen molar-refractivity contribution in [2.75, 3.05) is 19.6 Å². The Hall–Kier alpha value is -1.06. The topological polar surface area (TPSA) is 32.3 Å². The summed E-state index contributed by atoms with van der Waals surface area (Å²) >= 11 is 0. The number of piperidine rings is 1. The van der Waals surface area contributed by atoms with Crippen LogP contribution >= 0.6 is 12.4 Å². The summed E-state index contributed by atoms with van der Waals surface area (Å²) < 4.78 is 0. The number of hydrogen-bond donors (Lipinski definition) is 1. The molecule has 2 aliphatic rings. The number of amides is 1. The van der Waals surface area contributed by atoms with Gasteiger partial charge in [-0.3, -0.25) is 4.79 Å². The first-order valence-corrected chi connectivity index (χ1v) is 9.27. The Labute approximate surface area is 152 Å². The molecule has 3 nitrogen and oxygen atoms in total. The van der Waals surface area contributed by atoms with Gasteiger partial charge in [0, 0.05) is 25.6 Å². The molecule has 0 radical (unpaired) electrons. The van der Waals surface area contributed by atoms with Crippen molar-refractivity contribution < 1.29 is 4.79 Å². The van der Waals surface area contributed by atoms with Gasteiger partial charge in [0.05, 0.1) is 0 Å². The van der Waals surface area contributed by atoms with Crippen LogP contribution in [0.4, 0.5) is 0 Å². The zero-order chi connectivity index (χ0) is 16.1. The predicted octanol–water partition coefficient (Wildman–Crippen LogP) is 3.73. The summed E-state index contributed by atoms with van der Waals surface area (Å²) in [6.07, 6.45) is 7.71. The summed E-state index contributed by atoms with van der Waals surface area (Å²) in [4.78, 5) is 14.4. The van der Waals surface area contributed by atoms with E-state index in [1.165, 1.54) is 30.5 Å². The van der Waals surface area contributed by atoms with Crippen molar-refractivity contribution in [3.8, 4) is 0 Å². The predicted molar refractivity (Wildman–Crippen MR) is 102 cm³/mol. The van der Waals surface area contributed by atoms with Crippen LogP contribution in [0.2, 0.25) is 0 Å². The number of nitrogens with zero attached hydrogens (tertiary/aromatic N) is 1. The van der Waals surface area contributed by atoms with Crippen LogP contribution in [-0.4, -0.2) is 36.5 Å². The van der Waals surface area contributed by atoms with Crippen LogP contribution in [0.15, 0.2) is 24.3 Å². The van der Waals surface area contributed by atoms with Gasteiger partial charge in [-0.25, -0.2) is 0 Å². The van der Waals surface area contributed by atoms with E-state index in [9.17, 15) is 4.79 Å². The number of aryl methyl sites for hydroxylation is 2. The lowest BCUT2D eigenvalue weighted by Gasteiger charge is -2.32. The molecule has 24 heavy (non-hydrogen) atoms. The number of rotatable bonds is 7. The number of nitrogens with one attached hydrogen (secondary N) is 1. The van der Waals surface area contributed by atoms with Crippen LogP contribution in [0.5, 0.6) is 0 Å². The molecule has 2 fully saturated rings. The van der Waals surface area contributed by atoms with Crippen LogP contribution in [0.1, 0.15) is 49.7 Å². The highest BCUT2D eigenvalue weighted by molar-refractivity contribution is 5.85. The fraction of sp³-hybridized carbons (Fsp3) is 0.650. The molecule has 1 aromatic carbocycles. The molecule has 1 saturated carbocycles. The quantitative estimate of drug-likeness (QED) is 0.812. The van der Waals surface area contributed by atoms with Crippen molar-refractivity contribution in [1.82, 2.24) is 10.2 Å². The van der Waals surface area contributed by atoms with E-state index in [1.807, 2.05) is 0 Å². The second kappa shape index (κ2) is 9.43. The molecule has 0 spiro atoms. The van der Waals surface area contributed by atoms with Gasteiger partial charge < -0.3 is 10.2 Å². The maximum Gasteiger partial charge on any atom is 0.222 e. The van der Waals surface area contributed by atoms with Crippen molar-refractivity contribution in [2.45, 2.75) is 57.9 Å². The molecule has 1 aliphatic carbocycles. The molecule has 4 heteroatoms. The van der Waals surface area contributed by atoms with Crippen molar-refractivity contribution in [3.05, 3.63) is 35.4 Å². The number of carbonyl (C=O) groups excluding carboxylic acids is 1. The van der Waals surface area contributed by atoms with E-state index in [1.54, 1.807) is 0 Å². The van der Waals surface area contributed by atoms with Gasteiger partial charge in [-0.2, -0.15) is 0 Å². The van der Waals surface area contributed by atoms with Crippen LogP contribution in [0.25, 0.3) is 0 Å². The van der Waals surface area contributed by atoms with Crippen molar-refractivity contribution in [2.24, 2.45) is 5.92 Å². The molecule has 1 saturated heterocycles. The van der Waals surface area contributed by atoms with E-state index in [-0.39, 0.29) is 12.4 Å². The van der Waals surface area contributed by atoms with E-state index in [2.05, 4.69) is 41.4 Å². The van der Waals surface area contributed by atoms with Crippen molar-refractivity contribution in [1.29, 1.82) is 0 Å². The second-order valence-corrected chi connectivity index (χ2v) is 7.35. The van der Waals surface area contributed by atoms with E-state index >= 15 is 0 Å². The Morgan fingerprint density at radius 1 is 1.12 bits per heavy atom. The first-order chi connectivity index (χ1) is 11.2. The average Bonchev–Trinajstić information content (AvgIpc) is 3.39. The molecule has 1 aromatic rings. The molecule has 0 bridgehead atoms. The van der Waals surface area contributed by atoms with E-state index in [0.29, 0.717) is 18.4 Å². The van der Waals surface area contributed by atoms with E-state index < -0.39 is 0 Å². The Kier molecular flexibility index (Phi) is 7.57. The molecule has 1 heterocycles. The molecule has 1 aliphatic heterocycles. The minimum absolute atomic E-state index is 0. The number of carbonyl (C=O) groups is 1. The third-order valence-corrected chi connectivity index (χ3v) is 5.22. The molecular formula is C20H31ClN2O. The molecule has 0 atom stereocenters. The van der Waals surface area contributed by atoms with E-state index in [4.69, 9.17) is 0 Å². The highest BCUT2D eigenvalue weighted by Crippen LogP contribution is 2.28. The summed E-state index contributed by atoms with van der Waals surface area (Å²) in [6, 6.07) is 9.29. The second-order valence-electron chi connectivity index (χ2n) is 7.35. The number of likely N-dealkylation sites (tertiary alicyclic amines) is 1. The SMILES string of the molecule is Cc1ccc(CCCC(=O)N2CCC(NCC3CC3)CC2)cc1.Cl. The highest BCUT2D eigenvalue weighted by atomic mass is 35.5. The van der Waals surface area contributed by atoms with Crippen LogP contribution in [-0.2, 0) is 11.2 Å². The summed E-state index contributed by atoms with van der Waals surface area (Å²) in [7, 11) is 0. The summed E-state index contributed by atoms with van der Waals surface area (Å²) in [6.45, 7) is 5.17. The first-order valence-electron chi connectivity index (χ1n) is 9.27. The zero-order valence-electron chi connectivity index (χ0n) is 14.8. The molecule has 0 aromatic heterocycles. The van der Waals surface area contributed by atoms with Gasteiger partial charge in [0.25, 0.3) is 0 Å². The molecule has 1 N–H and O–H groups in total. The smallest absolute Gasteiger partial charge is 0.222 e. The van der Waals surface area contributed by atoms with Crippen LogP contribution in [0.3, 0.4) is 0 Å². The van der Waals surface area contributed by atoms with Crippen LogP contribution in [0, 0.1) is 12.8 Å². The van der Waals surface area contributed by atoms with Gasteiger partial charge in [0.15, 0.2) is 0 Å². The van der Waals surface area contributed by atoms with Gasteiger partial charge in [-0.05, 0) is 63.5 Å². The Bertz CT molecular complexity index is 505. The van der Waals surface area contributed by atoms with Crippen molar-refractivity contribution >= 4 is 18.3 Å². The molecule has 134 valence electrons. The summed E-state index contributed by atoms with van der Waals surface area (Å²) in [5.74, 6) is 1.29. The zero-order valence-corrected chi connectivity index (χ0v) is 15.6. The Morgan fingerprint density at radius 2 is 1.79 bits per heavy atom. The largest absolute Gasteiger partial charge is 0.343 e. The van der Waals surface area contributed by atoms with Gasteiger partial charge in [0.2, 0.25) is 5.91 Å². The summed E-state index contributed by atoms with van der Waals surface area (Å²) in [5, 5.41) is 3.67. The molecule has 0 unspecified atom stereocenters. The first kappa shape index (κ1) is 19.3. The normalized spacial score (nSPS) is 18.3. The number of hydrogen-bond acceptors (Lipinski definition) is 2. The van der Waals surface area contributed by atoms with Crippen LogP contribution < -0.4 is 5.32 Å². The maximum atomic E-state index is 12.3. The number of halogens is 1. The third kappa shape index (κ3) is 6.10. The lowest BCUT2D eigenvalue weighted by Crippen LogP contribution is -2.45.